The maximum absolute atomic E-state index is 14.1. The second-order valence-electron chi connectivity index (χ2n) is 12.4. The maximum Gasteiger partial charge on any atom is 0.408 e. The number of fused-ring (bicyclic) bond motifs is 6. The summed E-state index contributed by atoms with van der Waals surface area (Å²) in [6.45, 7) is 5.29. The number of ether oxygens (including phenoxy) is 1. The van der Waals surface area contributed by atoms with Crippen LogP contribution in [0.15, 0.2) is 83.8 Å². The third-order valence-corrected chi connectivity index (χ3v) is 10.0. The molecular formula is C34H36ClFN4O6S. The second-order valence-corrected chi connectivity index (χ2v) is 14.6. The minimum Gasteiger partial charge on any atom is -0.444 e. The molecule has 2 N–H and O–H groups in total. The molecule has 3 aromatic carbocycles. The van der Waals surface area contributed by atoms with Gasteiger partial charge in [-0.05, 0) is 87.2 Å². The lowest BCUT2D eigenvalue weighted by Gasteiger charge is -2.36. The van der Waals surface area contributed by atoms with Crippen molar-refractivity contribution >= 4 is 45.2 Å². The molecule has 0 radical (unpaired) electrons. The van der Waals surface area contributed by atoms with Crippen molar-refractivity contribution in [2.45, 2.75) is 62.7 Å². The van der Waals surface area contributed by atoms with Crippen LogP contribution in [0, 0.1) is 5.82 Å². The monoisotopic (exact) mass is 682 g/mol. The minimum absolute atomic E-state index is 0.0826. The summed E-state index contributed by atoms with van der Waals surface area (Å²) in [6.07, 6.45) is 2.97. The summed E-state index contributed by atoms with van der Waals surface area (Å²) in [4.78, 5) is 41.7. The van der Waals surface area contributed by atoms with Crippen LogP contribution >= 0.6 is 11.6 Å². The van der Waals surface area contributed by atoms with Crippen molar-refractivity contribution in [2.24, 2.45) is 0 Å². The lowest BCUT2D eigenvalue weighted by atomic mass is 9.94. The molecule has 4 bridgehead atoms. The third kappa shape index (κ3) is 7.94. The molecule has 0 aliphatic carbocycles. The molecule has 248 valence electrons. The van der Waals surface area contributed by atoms with Gasteiger partial charge in [-0.1, -0.05) is 48.0 Å². The van der Waals surface area contributed by atoms with E-state index < -0.39 is 51.4 Å². The van der Waals surface area contributed by atoms with E-state index >= 15 is 0 Å². The summed E-state index contributed by atoms with van der Waals surface area (Å²) in [7, 11) is -4.36. The lowest BCUT2D eigenvalue weighted by molar-refractivity contribution is -0.124. The van der Waals surface area contributed by atoms with Gasteiger partial charge in [0, 0.05) is 18.7 Å². The van der Waals surface area contributed by atoms with Gasteiger partial charge in [0.2, 0.25) is 5.91 Å². The van der Waals surface area contributed by atoms with Gasteiger partial charge in [-0.25, -0.2) is 17.6 Å². The Morgan fingerprint density at radius 3 is 2.49 bits per heavy atom. The first-order chi connectivity index (χ1) is 22.2. The van der Waals surface area contributed by atoms with Crippen LogP contribution in [0.3, 0.4) is 0 Å². The summed E-state index contributed by atoms with van der Waals surface area (Å²) >= 11 is 6.45. The first kappa shape index (κ1) is 33.9. The van der Waals surface area contributed by atoms with E-state index in [0.29, 0.717) is 0 Å². The minimum atomic E-state index is -4.36. The van der Waals surface area contributed by atoms with E-state index in [9.17, 15) is 27.2 Å². The zero-order valence-electron chi connectivity index (χ0n) is 26.2. The van der Waals surface area contributed by atoms with Crippen LogP contribution < -0.4 is 14.9 Å². The van der Waals surface area contributed by atoms with Gasteiger partial charge in [-0.3, -0.25) is 13.9 Å². The molecule has 0 aromatic heterocycles. The number of hydrogen-bond acceptors (Lipinski definition) is 6. The van der Waals surface area contributed by atoms with E-state index in [1.165, 1.54) is 35.2 Å². The second kappa shape index (κ2) is 13.7. The van der Waals surface area contributed by atoms with Gasteiger partial charge in [0.15, 0.2) is 0 Å². The van der Waals surface area contributed by atoms with Gasteiger partial charge in [0.05, 0.1) is 23.3 Å². The van der Waals surface area contributed by atoms with E-state index in [-0.39, 0.29) is 53.6 Å². The topological polar surface area (TPSA) is 125 Å². The zero-order chi connectivity index (χ0) is 33.9. The van der Waals surface area contributed by atoms with Crippen molar-refractivity contribution in [1.29, 1.82) is 0 Å². The van der Waals surface area contributed by atoms with Crippen LogP contribution in [0.1, 0.15) is 61.1 Å². The van der Waals surface area contributed by atoms with E-state index in [1.807, 2.05) is 24.3 Å². The third-order valence-electron chi connectivity index (χ3n) is 7.73. The summed E-state index contributed by atoms with van der Waals surface area (Å²) in [6, 6.07) is 14.8. The summed E-state index contributed by atoms with van der Waals surface area (Å²) in [5.74, 6) is -1.47. The predicted octanol–water partition coefficient (Wildman–Crippen LogP) is 5.73. The highest BCUT2D eigenvalue weighted by molar-refractivity contribution is 7.93. The number of alkyl carbamates (subject to hydrolysis) is 1. The largest absolute Gasteiger partial charge is 0.444 e. The number of rotatable bonds is 2. The molecule has 2 aliphatic heterocycles. The van der Waals surface area contributed by atoms with Gasteiger partial charge in [0.1, 0.15) is 22.4 Å². The Labute approximate surface area is 278 Å². The van der Waals surface area contributed by atoms with Crippen molar-refractivity contribution in [1.82, 2.24) is 15.5 Å². The Bertz CT molecular complexity index is 1810. The lowest BCUT2D eigenvalue weighted by Crippen LogP contribution is -2.51. The maximum atomic E-state index is 14.1. The molecule has 2 atom stereocenters. The predicted molar refractivity (Wildman–Crippen MR) is 176 cm³/mol. The van der Waals surface area contributed by atoms with Crippen LogP contribution in [0.5, 0.6) is 0 Å². The Hall–Kier alpha value is -4.42. The fourth-order valence-corrected chi connectivity index (χ4v) is 7.43. The molecule has 10 nitrogen and oxygen atoms in total. The van der Waals surface area contributed by atoms with Crippen molar-refractivity contribution in [3.63, 3.8) is 0 Å². The van der Waals surface area contributed by atoms with Crippen LogP contribution in [-0.2, 0) is 26.1 Å². The quantitative estimate of drug-likeness (QED) is 0.333. The number of amides is 3. The number of carbonyl (C=O) groups excluding carboxylic acids is 3. The molecule has 3 aromatic rings. The van der Waals surface area contributed by atoms with Gasteiger partial charge in [-0.2, -0.15) is 0 Å². The number of allylic oxidation sites excluding steroid dienone is 1. The fourth-order valence-electron chi connectivity index (χ4n) is 5.51. The number of benzene rings is 3. The number of carbonyl (C=O) groups is 3. The molecule has 0 fully saturated rings. The van der Waals surface area contributed by atoms with Gasteiger partial charge < -0.3 is 20.3 Å². The van der Waals surface area contributed by atoms with E-state index in [4.69, 9.17) is 16.3 Å². The highest BCUT2D eigenvalue weighted by Gasteiger charge is 2.34. The van der Waals surface area contributed by atoms with Gasteiger partial charge in [0.25, 0.3) is 15.9 Å². The van der Waals surface area contributed by atoms with E-state index in [1.54, 1.807) is 32.9 Å². The van der Waals surface area contributed by atoms with Crippen molar-refractivity contribution < 1.29 is 31.9 Å². The molecule has 0 saturated heterocycles. The number of sulfonamides is 1. The van der Waals surface area contributed by atoms with Crippen LogP contribution in [-0.4, -0.2) is 56.0 Å². The molecule has 13 heteroatoms. The number of halogens is 2. The molecule has 0 spiro atoms. The number of nitrogens with zero attached hydrogens (tertiary/aromatic N) is 2. The fraction of sp³-hybridized carbons (Fsp3) is 0.324. The van der Waals surface area contributed by atoms with Gasteiger partial charge in [-0.15, -0.1) is 0 Å². The van der Waals surface area contributed by atoms with E-state index in [0.717, 1.165) is 27.6 Å². The van der Waals surface area contributed by atoms with Crippen molar-refractivity contribution in [3.8, 4) is 0 Å². The molecule has 2 heterocycles. The number of anilines is 1. The van der Waals surface area contributed by atoms with Crippen molar-refractivity contribution in [3.05, 3.63) is 106 Å². The SMILES string of the molecule is CC(C)(C)OC(=O)NC1CC/C=C/CN(c2ccc(F)cc2)S(=O)(=O)c2cc(ccc2Cl)C(=O)N2Cc3ccccc3C(C2)NC1=O. The van der Waals surface area contributed by atoms with Crippen LogP contribution in [0.2, 0.25) is 5.02 Å². The molecule has 2 aliphatic rings. The van der Waals surface area contributed by atoms with Gasteiger partial charge >= 0.3 is 6.09 Å². The summed E-state index contributed by atoms with van der Waals surface area (Å²) < 4.78 is 48.6. The molecule has 0 saturated carbocycles. The summed E-state index contributed by atoms with van der Waals surface area (Å²) in [5, 5.41) is 5.60. The first-order valence-corrected chi connectivity index (χ1v) is 16.9. The van der Waals surface area contributed by atoms with Crippen molar-refractivity contribution in [2.75, 3.05) is 17.4 Å². The average Bonchev–Trinajstić information content (AvgIpc) is 3.01. The molecular weight excluding hydrogens is 647 g/mol. The smallest absolute Gasteiger partial charge is 0.408 e. The summed E-state index contributed by atoms with van der Waals surface area (Å²) in [5.41, 5.74) is 1.10. The average molecular weight is 683 g/mol. The highest BCUT2D eigenvalue weighted by Crippen LogP contribution is 2.32. The van der Waals surface area contributed by atoms with Crippen LogP contribution in [0.25, 0.3) is 0 Å². The Balaban J connectivity index is 1.58. The molecule has 5 rings (SSSR count). The highest BCUT2D eigenvalue weighted by atomic mass is 35.5. The number of hydrogen-bond donors (Lipinski definition) is 2. The standard InChI is InChI=1S/C34H36ClFN4O6S/c1-34(2,3)46-33(43)38-28-11-5-4-8-18-40(25-15-13-24(36)14-16-25)47(44,45)30-19-22(12-17-27(30)35)32(42)39-20-23-9-6-7-10-26(23)29(21-39)37-31(28)41/h4,6-10,12-17,19,28-29H,5,11,18,20-21H2,1-3H3,(H,37,41)(H,38,43)/b8-4+. The molecule has 3 amide bonds. The van der Waals surface area contributed by atoms with E-state index in [2.05, 4.69) is 10.6 Å². The van der Waals surface area contributed by atoms with Crippen LogP contribution in [0.4, 0.5) is 14.9 Å². The Kier molecular flexibility index (Phi) is 9.92. The zero-order valence-corrected chi connectivity index (χ0v) is 27.8. The number of nitrogens with one attached hydrogen (secondary N) is 2. The Morgan fingerprint density at radius 2 is 1.77 bits per heavy atom. The normalized spacial score (nSPS) is 20.8. The molecule has 47 heavy (non-hydrogen) atoms. The first-order valence-electron chi connectivity index (χ1n) is 15.1. The molecule has 2 unspecified atom stereocenters. The Morgan fingerprint density at radius 1 is 1.04 bits per heavy atom.